The van der Waals surface area contributed by atoms with Gasteiger partial charge in [-0.1, -0.05) is 13.2 Å². The molecule has 0 aromatic carbocycles. The summed E-state index contributed by atoms with van der Waals surface area (Å²) in [5.74, 6) is 0. The standard InChI is InChI=1S/C8H16N.CH4S/c1-5-7-9(3,4)8-6-2;1-2/h5-6H,1-2,7-8H2,3-4H3;2H,1H3/q+1;. The molecule has 0 saturated heterocycles. The van der Waals surface area contributed by atoms with Crippen LogP contribution in [0.15, 0.2) is 25.3 Å². The lowest BCUT2D eigenvalue weighted by molar-refractivity contribution is -0.878. The Morgan fingerprint density at radius 1 is 1.09 bits per heavy atom. The molecule has 0 saturated carbocycles. The lowest BCUT2D eigenvalue weighted by Crippen LogP contribution is -2.39. The van der Waals surface area contributed by atoms with E-state index in [1.165, 1.54) is 0 Å². The van der Waals surface area contributed by atoms with Crippen LogP contribution in [0.1, 0.15) is 0 Å². The maximum absolute atomic E-state index is 3.68. The molecule has 66 valence electrons. The fourth-order valence-electron chi connectivity index (χ4n) is 0.774. The van der Waals surface area contributed by atoms with Crippen LogP contribution >= 0.6 is 12.6 Å². The first-order chi connectivity index (χ1) is 5.12. The minimum absolute atomic E-state index is 0.951. The van der Waals surface area contributed by atoms with Gasteiger partial charge in [0.1, 0.15) is 0 Å². The van der Waals surface area contributed by atoms with E-state index < -0.39 is 0 Å². The molecular weight excluding hydrogens is 154 g/mol. The van der Waals surface area contributed by atoms with Crippen molar-refractivity contribution in [1.29, 1.82) is 0 Å². The second kappa shape index (κ2) is 7.89. The van der Waals surface area contributed by atoms with E-state index in [1.54, 1.807) is 6.26 Å². The average molecular weight is 174 g/mol. The van der Waals surface area contributed by atoms with Crippen molar-refractivity contribution in [2.24, 2.45) is 0 Å². The average Bonchev–Trinajstić information content (AvgIpc) is 1.91. The third-order valence-electron chi connectivity index (χ3n) is 1.25. The first kappa shape index (κ1) is 13.4. The van der Waals surface area contributed by atoms with Gasteiger partial charge in [-0.15, -0.1) is 0 Å². The van der Waals surface area contributed by atoms with E-state index >= 15 is 0 Å². The molecular formula is C9H20NS+. The molecule has 0 spiro atoms. The Morgan fingerprint density at radius 2 is 1.36 bits per heavy atom. The first-order valence-electron chi connectivity index (χ1n) is 3.61. The molecule has 0 unspecified atom stereocenters. The largest absolute Gasteiger partial charge is 0.322 e. The predicted molar refractivity (Wildman–Crippen MR) is 57.1 cm³/mol. The number of nitrogens with zero attached hydrogens (tertiary/aromatic N) is 1. The quantitative estimate of drug-likeness (QED) is 0.376. The van der Waals surface area contributed by atoms with Crippen LogP contribution in [0.2, 0.25) is 0 Å². The Bertz CT molecular complexity index is 96.1. The number of hydrogen-bond donors (Lipinski definition) is 1. The first-order valence-corrected chi connectivity index (χ1v) is 4.50. The second-order valence-corrected chi connectivity index (χ2v) is 2.88. The number of likely N-dealkylation sites (N-methyl/N-ethyl adjacent to an activating group) is 1. The van der Waals surface area contributed by atoms with Crippen LogP contribution in [0.5, 0.6) is 0 Å². The Hall–Kier alpha value is -0.210. The van der Waals surface area contributed by atoms with Crippen LogP contribution in [0.25, 0.3) is 0 Å². The summed E-state index contributed by atoms with van der Waals surface area (Å²) in [4.78, 5) is 0. The van der Waals surface area contributed by atoms with E-state index in [2.05, 4.69) is 39.9 Å². The van der Waals surface area contributed by atoms with Gasteiger partial charge in [-0.3, -0.25) is 0 Å². The topological polar surface area (TPSA) is 0 Å². The van der Waals surface area contributed by atoms with Gasteiger partial charge in [0.15, 0.2) is 0 Å². The van der Waals surface area contributed by atoms with Crippen molar-refractivity contribution in [2.75, 3.05) is 33.4 Å². The van der Waals surface area contributed by atoms with Crippen LogP contribution in [-0.4, -0.2) is 37.9 Å². The normalized spacial score (nSPS) is 9.45. The summed E-state index contributed by atoms with van der Waals surface area (Å²) in [6.07, 6.45) is 5.56. The molecule has 0 aromatic rings. The summed E-state index contributed by atoms with van der Waals surface area (Å²) in [6, 6.07) is 0. The molecule has 0 aliphatic rings. The highest BCUT2D eigenvalue weighted by Crippen LogP contribution is 1.95. The van der Waals surface area contributed by atoms with E-state index in [-0.39, 0.29) is 0 Å². The summed E-state index contributed by atoms with van der Waals surface area (Å²) >= 11 is 3.53. The van der Waals surface area contributed by atoms with Crippen molar-refractivity contribution < 1.29 is 4.48 Å². The van der Waals surface area contributed by atoms with Crippen LogP contribution in [0, 0.1) is 0 Å². The van der Waals surface area contributed by atoms with Gasteiger partial charge >= 0.3 is 0 Å². The Kier molecular flexibility index (Phi) is 9.60. The molecule has 0 N–H and O–H groups in total. The highest BCUT2D eigenvalue weighted by atomic mass is 32.1. The molecule has 0 atom stereocenters. The molecule has 0 bridgehead atoms. The molecule has 0 rings (SSSR count). The minimum Gasteiger partial charge on any atom is -0.322 e. The molecule has 0 amide bonds. The Labute approximate surface area is 76.4 Å². The van der Waals surface area contributed by atoms with Crippen molar-refractivity contribution in [3.63, 3.8) is 0 Å². The zero-order valence-corrected chi connectivity index (χ0v) is 8.77. The van der Waals surface area contributed by atoms with Crippen molar-refractivity contribution in [1.82, 2.24) is 0 Å². The number of thiol groups is 1. The Morgan fingerprint density at radius 3 is 1.55 bits per heavy atom. The van der Waals surface area contributed by atoms with E-state index in [9.17, 15) is 0 Å². The van der Waals surface area contributed by atoms with Crippen molar-refractivity contribution in [2.45, 2.75) is 0 Å². The lowest BCUT2D eigenvalue weighted by Gasteiger charge is -2.26. The zero-order valence-electron chi connectivity index (χ0n) is 7.88. The number of quaternary nitrogens is 1. The van der Waals surface area contributed by atoms with Gasteiger partial charge in [0.2, 0.25) is 0 Å². The molecule has 0 heterocycles. The summed E-state index contributed by atoms with van der Waals surface area (Å²) in [6.45, 7) is 9.37. The summed E-state index contributed by atoms with van der Waals surface area (Å²) in [5, 5.41) is 0. The SMILES string of the molecule is C=CC[N+](C)(C)CC=C.CS. The highest BCUT2D eigenvalue weighted by molar-refractivity contribution is 7.79. The van der Waals surface area contributed by atoms with Gasteiger partial charge in [-0.25, -0.2) is 0 Å². The summed E-state index contributed by atoms with van der Waals surface area (Å²) in [5.41, 5.74) is 0. The maximum Gasteiger partial charge on any atom is 0.0969 e. The minimum atomic E-state index is 0.951. The molecule has 0 aliphatic heterocycles. The third kappa shape index (κ3) is 9.79. The van der Waals surface area contributed by atoms with Gasteiger partial charge in [-0.2, -0.15) is 12.6 Å². The van der Waals surface area contributed by atoms with Crippen LogP contribution in [0.4, 0.5) is 0 Å². The van der Waals surface area contributed by atoms with Crippen LogP contribution in [-0.2, 0) is 0 Å². The van der Waals surface area contributed by atoms with Gasteiger partial charge in [0.05, 0.1) is 27.2 Å². The Balaban J connectivity index is 0. The van der Waals surface area contributed by atoms with E-state index in [0.717, 1.165) is 17.6 Å². The molecule has 11 heavy (non-hydrogen) atoms. The monoisotopic (exact) mass is 174 g/mol. The molecule has 0 radical (unpaired) electrons. The van der Waals surface area contributed by atoms with Gasteiger partial charge in [-0.05, 0) is 18.4 Å². The number of rotatable bonds is 4. The fraction of sp³-hybridized carbons (Fsp3) is 0.556. The molecule has 0 aromatic heterocycles. The van der Waals surface area contributed by atoms with Crippen molar-refractivity contribution in [3.8, 4) is 0 Å². The van der Waals surface area contributed by atoms with Crippen LogP contribution in [0.3, 0.4) is 0 Å². The molecule has 0 aliphatic carbocycles. The van der Waals surface area contributed by atoms with E-state index in [4.69, 9.17) is 0 Å². The van der Waals surface area contributed by atoms with Crippen LogP contribution < -0.4 is 0 Å². The molecule has 2 heteroatoms. The van der Waals surface area contributed by atoms with Gasteiger partial charge < -0.3 is 4.48 Å². The molecule has 1 nitrogen and oxygen atoms in total. The van der Waals surface area contributed by atoms with E-state index in [1.807, 2.05) is 12.2 Å². The van der Waals surface area contributed by atoms with E-state index in [0.29, 0.717) is 0 Å². The summed E-state index contributed by atoms with van der Waals surface area (Å²) < 4.78 is 0.951. The zero-order chi connectivity index (χ0) is 9.33. The smallest absolute Gasteiger partial charge is 0.0969 e. The maximum atomic E-state index is 3.68. The molecule has 0 fully saturated rings. The fourth-order valence-corrected chi connectivity index (χ4v) is 0.774. The number of hydrogen-bond acceptors (Lipinski definition) is 1. The third-order valence-corrected chi connectivity index (χ3v) is 1.25. The predicted octanol–water partition coefficient (Wildman–Crippen LogP) is 1.98. The highest BCUT2D eigenvalue weighted by Gasteiger charge is 2.07. The van der Waals surface area contributed by atoms with Crippen molar-refractivity contribution in [3.05, 3.63) is 25.3 Å². The van der Waals surface area contributed by atoms with Gasteiger partial charge in [0, 0.05) is 0 Å². The van der Waals surface area contributed by atoms with Gasteiger partial charge in [0.25, 0.3) is 0 Å². The van der Waals surface area contributed by atoms with Crippen molar-refractivity contribution >= 4 is 12.6 Å². The second-order valence-electron chi connectivity index (χ2n) is 2.88. The lowest BCUT2D eigenvalue weighted by atomic mass is 10.4. The summed E-state index contributed by atoms with van der Waals surface area (Å²) in [7, 11) is 4.31.